The van der Waals surface area contributed by atoms with E-state index < -0.39 is 0 Å². The lowest BCUT2D eigenvalue weighted by Crippen LogP contribution is -1.93. The average molecular weight is 215 g/mol. The fraction of sp³-hybridized carbons (Fsp3) is 0.308. The number of aryl methyl sites for hydroxylation is 3. The van der Waals surface area contributed by atoms with Crippen LogP contribution in [0.3, 0.4) is 0 Å². The number of nitrogen functional groups attached to an aromatic ring is 1. The van der Waals surface area contributed by atoms with E-state index in [0.717, 1.165) is 29.1 Å². The molecule has 0 spiro atoms. The quantitative estimate of drug-likeness (QED) is 0.783. The molecule has 1 aromatic heterocycles. The SMILES string of the molecule is CCn1cc(-c2cc(C)ccc2N)c(C)n1. The van der Waals surface area contributed by atoms with E-state index in [9.17, 15) is 0 Å². The predicted octanol–water partition coefficient (Wildman–Crippen LogP) is 2.77. The lowest BCUT2D eigenvalue weighted by molar-refractivity contribution is 0.653. The number of hydrogen-bond acceptors (Lipinski definition) is 2. The van der Waals surface area contributed by atoms with Crippen LogP contribution in [0.2, 0.25) is 0 Å². The van der Waals surface area contributed by atoms with Gasteiger partial charge >= 0.3 is 0 Å². The maximum Gasteiger partial charge on any atom is 0.0672 e. The van der Waals surface area contributed by atoms with Crippen molar-refractivity contribution in [3.63, 3.8) is 0 Å². The zero-order valence-electron chi connectivity index (χ0n) is 9.99. The van der Waals surface area contributed by atoms with Crippen molar-refractivity contribution in [3.8, 4) is 11.1 Å². The average Bonchev–Trinajstić information content (AvgIpc) is 2.63. The van der Waals surface area contributed by atoms with Gasteiger partial charge in [-0.15, -0.1) is 0 Å². The van der Waals surface area contributed by atoms with Gasteiger partial charge in [0.25, 0.3) is 0 Å². The van der Waals surface area contributed by atoms with Gasteiger partial charge in [0.1, 0.15) is 0 Å². The van der Waals surface area contributed by atoms with Crippen LogP contribution in [0.25, 0.3) is 11.1 Å². The van der Waals surface area contributed by atoms with Crippen molar-refractivity contribution in [2.75, 3.05) is 5.73 Å². The summed E-state index contributed by atoms with van der Waals surface area (Å²) in [6.45, 7) is 7.05. The number of nitrogens with zero attached hydrogens (tertiary/aromatic N) is 2. The van der Waals surface area contributed by atoms with Gasteiger partial charge in [-0.25, -0.2) is 0 Å². The molecule has 2 rings (SSSR count). The van der Waals surface area contributed by atoms with E-state index in [1.165, 1.54) is 5.56 Å². The minimum absolute atomic E-state index is 0.810. The molecule has 1 heterocycles. The second-order valence-corrected chi connectivity index (χ2v) is 4.07. The summed E-state index contributed by atoms with van der Waals surface area (Å²) in [6, 6.07) is 6.09. The second-order valence-electron chi connectivity index (χ2n) is 4.07. The first-order chi connectivity index (χ1) is 7.61. The normalized spacial score (nSPS) is 10.7. The van der Waals surface area contributed by atoms with E-state index in [1.807, 2.05) is 23.7 Å². The van der Waals surface area contributed by atoms with E-state index in [2.05, 4.69) is 31.2 Å². The first kappa shape index (κ1) is 10.7. The van der Waals surface area contributed by atoms with Crippen molar-refractivity contribution in [1.82, 2.24) is 9.78 Å². The van der Waals surface area contributed by atoms with E-state index in [-0.39, 0.29) is 0 Å². The molecule has 0 aliphatic heterocycles. The van der Waals surface area contributed by atoms with Crippen LogP contribution in [0.1, 0.15) is 18.2 Å². The van der Waals surface area contributed by atoms with Crippen LogP contribution in [-0.2, 0) is 6.54 Å². The van der Waals surface area contributed by atoms with Gasteiger partial charge in [-0.2, -0.15) is 5.10 Å². The molecule has 0 unspecified atom stereocenters. The van der Waals surface area contributed by atoms with E-state index in [4.69, 9.17) is 5.73 Å². The molecule has 0 saturated carbocycles. The fourth-order valence-electron chi connectivity index (χ4n) is 1.85. The molecule has 0 fully saturated rings. The summed E-state index contributed by atoms with van der Waals surface area (Å²) in [5.41, 5.74) is 11.3. The highest BCUT2D eigenvalue weighted by molar-refractivity contribution is 5.77. The maximum atomic E-state index is 6.00. The zero-order valence-corrected chi connectivity index (χ0v) is 9.99. The van der Waals surface area contributed by atoms with E-state index in [0.29, 0.717) is 0 Å². The van der Waals surface area contributed by atoms with Crippen LogP contribution in [0, 0.1) is 13.8 Å². The molecule has 0 amide bonds. The van der Waals surface area contributed by atoms with Crippen molar-refractivity contribution in [1.29, 1.82) is 0 Å². The third-order valence-electron chi connectivity index (χ3n) is 2.77. The largest absolute Gasteiger partial charge is 0.398 e. The summed E-state index contributed by atoms with van der Waals surface area (Å²) in [6.07, 6.45) is 2.06. The van der Waals surface area contributed by atoms with E-state index in [1.54, 1.807) is 0 Å². The molecule has 3 heteroatoms. The van der Waals surface area contributed by atoms with Gasteiger partial charge in [0.15, 0.2) is 0 Å². The summed E-state index contributed by atoms with van der Waals surface area (Å²) in [5, 5.41) is 4.44. The molecule has 0 aliphatic carbocycles. The minimum Gasteiger partial charge on any atom is -0.398 e. The maximum absolute atomic E-state index is 6.00. The number of rotatable bonds is 2. The van der Waals surface area contributed by atoms with Crippen molar-refractivity contribution in [2.45, 2.75) is 27.3 Å². The highest BCUT2D eigenvalue weighted by Crippen LogP contribution is 2.28. The van der Waals surface area contributed by atoms with Gasteiger partial charge in [-0.3, -0.25) is 4.68 Å². The summed E-state index contributed by atoms with van der Waals surface area (Å²) in [7, 11) is 0. The fourth-order valence-corrected chi connectivity index (χ4v) is 1.85. The molecule has 84 valence electrons. The van der Waals surface area contributed by atoms with Gasteiger partial charge in [0.2, 0.25) is 0 Å². The van der Waals surface area contributed by atoms with Gasteiger partial charge in [0.05, 0.1) is 5.69 Å². The van der Waals surface area contributed by atoms with Crippen molar-refractivity contribution < 1.29 is 0 Å². The first-order valence-electron chi connectivity index (χ1n) is 5.52. The summed E-state index contributed by atoms with van der Waals surface area (Å²) >= 11 is 0. The van der Waals surface area contributed by atoms with Gasteiger partial charge in [0, 0.05) is 29.6 Å². The summed E-state index contributed by atoms with van der Waals surface area (Å²) in [4.78, 5) is 0. The molecule has 0 atom stereocenters. The Balaban J connectivity index is 2.57. The van der Waals surface area contributed by atoms with Crippen LogP contribution in [0.5, 0.6) is 0 Å². The highest BCUT2D eigenvalue weighted by atomic mass is 15.3. The molecule has 0 saturated heterocycles. The summed E-state index contributed by atoms with van der Waals surface area (Å²) in [5.74, 6) is 0. The Morgan fingerprint density at radius 2 is 2.00 bits per heavy atom. The molecular formula is C13H17N3. The Hall–Kier alpha value is -1.77. The number of anilines is 1. The molecule has 0 bridgehead atoms. The van der Waals surface area contributed by atoms with Crippen molar-refractivity contribution in [3.05, 3.63) is 35.7 Å². The Morgan fingerprint density at radius 1 is 1.25 bits per heavy atom. The predicted molar refractivity (Wildman–Crippen MR) is 67.2 cm³/mol. The van der Waals surface area contributed by atoms with Crippen molar-refractivity contribution in [2.24, 2.45) is 0 Å². The third kappa shape index (κ3) is 1.81. The molecular weight excluding hydrogens is 198 g/mol. The Kier molecular flexibility index (Phi) is 2.69. The molecule has 2 aromatic rings. The number of nitrogens with two attached hydrogens (primary N) is 1. The standard InChI is InChI=1S/C13H17N3/c1-4-16-8-12(10(3)15-16)11-7-9(2)5-6-13(11)14/h5-8H,4,14H2,1-3H3. The summed E-state index contributed by atoms with van der Waals surface area (Å²) < 4.78 is 1.94. The van der Waals surface area contributed by atoms with Gasteiger partial charge < -0.3 is 5.73 Å². The van der Waals surface area contributed by atoms with Crippen molar-refractivity contribution >= 4 is 5.69 Å². The lowest BCUT2D eigenvalue weighted by Gasteiger charge is -2.05. The molecule has 0 radical (unpaired) electrons. The monoisotopic (exact) mass is 215 g/mol. The van der Waals surface area contributed by atoms with Crippen LogP contribution in [-0.4, -0.2) is 9.78 Å². The Labute approximate surface area is 95.9 Å². The number of benzene rings is 1. The third-order valence-corrected chi connectivity index (χ3v) is 2.77. The smallest absolute Gasteiger partial charge is 0.0672 e. The van der Waals surface area contributed by atoms with E-state index >= 15 is 0 Å². The molecule has 1 aromatic carbocycles. The first-order valence-corrected chi connectivity index (χ1v) is 5.52. The topological polar surface area (TPSA) is 43.8 Å². The lowest BCUT2D eigenvalue weighted by atomic mass is 10.0. The molecule has 0 aliphatic rings. The van der Waals surface area contributed by atoms with Crippen LogP contribution < -0.4 is 5.73 Å². The van der Waals surface area contributed by atoms with Crippen LogP contribution in [0.15, 0.2) is 24.4 Å². The minimum atomic E-state index is 0.810. The highest BCUT2D eigenvalue weighted by Gasteiger charge is 2.09. The van der Waals surface area contributed by atoms with Gasteiger partial charge in [-0.05, 0) is 32.9 Å². The zero-order chi connectivity index (χ0) is 11.7. The molecule has 2 N–H and O–H groups in total. The second kappa shape index (κ2) is 4.00. The molecule has 3 nitrogen and oxygen atoms in total. The molecule has 16 heavy (non-hydrogen) atoms. The van der Waals surface area contributed by atoms with Crippen LogP contribution >= 0.6 is 0 Å². The number of hydrogen-bond donors (Lipinski definition) is 1. The van der Waals surface area contributed by atoms with Gasteiger partial charge in [-0.1, -0.05) is 11.6 Å². The Morgan fingerprint density at radius 3 is 2.62 bits per heavy atom. The number of aromatic nitrogens is 2. The van der Waals surface area contributed by atoms with Crippen LogP contribution in [0.4, 0.5) is 5.69 Å². The Bertz CT molecular complexity index is 512.